The molecular formula is C13H17N3O2S. The molecule has 0 aliphatic rings. The lowest BCUT2D eigenvalue weighted by molar-refractivity contribution is 0.392. The number of rotatable bonds is 6. The number of nitrogens with zero attached hydrogens (tertiary/aromatic N) is 2. The summed E-state index contributed by atoms with van der Waals surface area (Å²) in [6.45, 7) is 2.92. The number of nitrogens with one attached hydrogen (secondary N) is 1. The summed E-state index contributed by atoms with van der Waals surface area (Å²) in [5.41, 5.74) is 1.07. The van der Waals surface area contributed by atoms with Crippen LogP contribution in [0.5, 0.6) is 11.5 Å². The van der Waals surface area contributed by atoms with Crippen LogP contribution in [-0.4, -0.2) is 30.4 Å². The van der Waals surface area contributed by atoms with Gasteiger partial charge in [0.15, 0.2) is 0 Å². The minimum atomic E-state index is 0.0500. The zero-order chi connectivity index (χ0) is 13.7. The summed E-state index contributed by atoms with van der Waals surface area (Å²) in [5, 5.41) is 7.33. The molecule has 6 heteroatoms. The Bertz CT molecular complexity index is 494. The molecule has 1 aromatic carbocycles. The Hall–Kier alpha value is -1.66. The number of hydrogen-bond donors (Lipinski definition) is 1. The highest BCUT2D eigenvalue weighted by Crippen LogP contribution is 2.30. The van der Waals surface area contributed by atoms with Crippen molar-refractivity contribution in [2.24, 2.45) is 0 Å². The summed E-state index contributed by atoms with van der Waals surface area (Å²) in [7, 11) is 3.30. The Balaban J connectivity index is 2.41. The van der Waals surface area contributed by atoms with Gasteiger partial charge in [0, 0.05) is 6.07 Å². The average Bonchev–Trinajstić information content (AvgIpc) is 2.97. The zero-order valence-electron chi connectivity index (χ0n) is 11.2. The van der Waals surface area contributed by atoms with E-state index in [2.05, 4.69) is 21.8 Å². The van der Waals surface area contributed by atoms with Gasteiger partial charge in [0.25, 0.3) is 0 Å². The molecule has 1 heterocycles. The summed E-state index contributed by atoms with van der Waals surface area (Å²) in [5.74, 6) is 1.55. The highest BCUT2D eigenvalue weighted by atomic mass is 32.1. The standard InChI is InChI=1S/C13H17N3O2S/c1-4-14-13(12-8-15-16-19-12)9-5-10(17-2)7-11(6-9)18-3/h5-8,13-14H,4H2,1-3H3. The number of aromatic nitrogens is 2. The van der Waals surface area contributed by atoms with Crippen LogP contribution in [0.4, 0.5) is 0 Å². The van der Waals surface area contributed by atoms with E-state index in [1.54, 1.807) is 20.4 Å². The van der Waals surface area contributed by atoms with Crippen LogP contribution in [-0.2, 0) is 0 Å². The van der Waals surface area contributed by atoms with Crippen molar-refractivity contribution in [1.82, 2.24) is 14.9 Å². The minimum absolute atomic E-state index is 0.0500. The highest BCUT2D eigenvalue weighted by Gasteiger charge is 2.17. The molecule has 0 spiro atoms. The molecule has 102 valence electrons. The van der Waals surface area contributed by atoms with Gasteiger partial charge in [0.2, 0.25) is 0 Å². The van der Waals surface area contributed by atoms with Crippen molar-refractivity contribution >= 4 is 11.5 Å². The van der Waals surface area contributed by atoms with Gasteiger partial charge < -0.3 is 14.8 Å². The number of ether oxygens (including phenoxy) is 2. The topological polar surface area (TPSA) is 56.3 Å². The van der Waals surface area contributed by atoms with Gasteiger partial charge in [0.1, 0.15) is 11.5 Å². The molecular weight excluding hydrogens is 262 g/mol. The van der Waals surface area contributed by atoms with E-state index in [1.165, 1.54) is 11.5 Å². The molecule has 5 nitrogen and oxygen atoms in total. The van der Waals surface area contributed by atoms with Crippen molar-refractivity contribution in [3.8, 4) is 11.5 Å². The van der Waals surface area contributed by atoms with E-state index in [0.717, 1.165) is 28.5 Å². The third-order valence-electron chi connectivity index (χ3n) is 2.78. The molecule has 0 amide bonds. The van der Waals surface area contributed by atoms with E-state index in [0.29, 0.717) is 0 Å². The van der Waals surface area contributed by atoms with Crippen LogP contribution < -0.4 is 14.8 Å². The van der Waals surface area contributed by atoms with Gasteiger partial charge in [0.05, 0.1) is 31.3 Å². The maximum absolute atomic E-state index is 5.31. The smallest absolute Gasteiger partial charge is 0.122 e. The van der Waals surface area contributed by atoms with Crippen LogP contribution in [0.3, 0.4) is 0 Å². The number of benzene rings is 1. The largest absolute Gasteiger partial charge is 0.497 e. The lowest BCUT2D eigenvalue weighted by Gasteiger charge is -2.17. The van der Waals surface area contributed by atoms with E-state index in [1.807, 2.05) is 18.2 Å². The fraction of sp³-hybridized carbons (Fsp3) is 0.385. The van der Waals surface area contributed by atoms with E-state index in [9.17, 15) is 0 Å². The second-order valence-electron chi connectivity index (χ2n) is 3.96. The van der Waals surface area contributed by atoms with Crippen molar-refractivity contribution in [2.45, 2.75) is 13.0 Å². The molecule has 0 aliphatic heterocycles. The second-order valence-corrected chi connectivity index (χ2v) is 4.77. The van der Waals surface area contributed by atoms with E-state index >= 15 is 0 Å². The van der Waals surface area contributed by atoms with Crippen molar-refractivity contribution in [2.75, 3.05) is 20.8 Å². The van der Waals surface area contributed by atoms with Crippen LogP contribution >= 0.6 is 11.5 Å². The third-order valence-corrected chi connectivity index (χ3v) is 3.51. The lowest BCUT2D eigenvalue weighted by atomic mass is 10.0. The molecule has 2 rings (SSSR count). The molecule has 0 bridgehead atoms. The first-order chi connectivity index (χ1) is 9.28. The van der Waals surface area contributed by atoms with Gasteiger partial charge in [-0.3, -0.25) is 0 Å². The summed E-state index contributed by atoms with van der Waals surface area (Å²) in [6.07, 6.45) is 1.78. The Kier molecular flexibility index (Phi) is 4.70. The van der Waals surface area contributed by atoms with Gasteiger partial charge in [-0.1, -0.05) is 11.4 Å². The van der Waals surface area contributed by atoms with Crippen LogP contribution in [0.2, 0.25) is 0 Å². The summed E-state index contributed by atoms with van der Waals surface area (Å²) >= 11 is 1.39. The summed E-state index contributed by atoms with van der Waals surface area (Å²) in [4.78, 5) is 1.07. The van der Waals surface area contributed by atoms with Gasteiger partial charge >= 0.3 is 0 Å². The Morgan fingerprint density at radius 1 is 1.21 bits per heavy atom. The fourth-order valence-corrected chi connectivity index (χ4v) is 2.49. The summed E-state index contributed by atoms with van der Waals surface area (Å²) in [6, 6.07) is 5.90. The normalized spacial score (nSPS) is 12.2. The quantitative estimate of drug-likeness (QED) is 0.879. The molecule has 0 aliphatic carbocycles. The van der Waals surface area contributed by atoms with Crippen molar-refractivity contribution in [3.05, 3.63) is 34.8 Å². The van der Waals surface area contributed by atoms with E-state index < -0.39 is 0 Å². The van der Waals surface area contributed by atoms with Gasteiger partial charge in [-0.25, -0.2) is 0 Å². The Labute approximate surface area is 116 Å². The molecule has 1 N–H and O–H groups in total. The van der Waals surface area contributed by atoms with Crippen molar-refractivity contribution in [1.29, 1.82) is 0 Å². The first-order valence-electron chi connectivity index (χ1n) is 6.02. The zero-order valence-corrected chi connectivity index (χ0v) is 12.0. The molecule has 1 unspecified atom stereocenters. The fourth-order valence-electron chi connectivity index (χ4n) is 1.88. The predicted molar refractivity (Wildman–Crippen MR) is 75.0 cm³/mol. The molecule has 0 radical (unpaired) electrons. The molecule has 0 saturated heterocycles. The van der Waals surface area contributed by atoms with E-state index in [-0.39, 0.29) is 6.04 Å². The van der Waals surface area contributed by atoms with Crippen LogP contribution in [0.25, 0.3) is 0 Å². The van der Waals surface area contributed by atoms with Gasteiger partial charge in [-0.05, 0) is 35.8 Å². The van der Waals surface area contributed by atoms with Crippen LogP contribution in [0.15, 0.2) is 24.4 Å². The number of methoxy groups -OCH3 is 2. The molecule has 1 aromatic heterocycles. The van der Waals surface area contributed by atoms with Crippen LogP contribution in [0.1, 0.15) is 23.4 Å². The highest BCUT2D eigenvalue weighted by molar-refractivity contribution is 7.05. The first kappa shape index (κ1) is 13.8. The molecule has 1 atom stereocenters. The maximum Gasteiger partial charge on any atom is 0.122 e. The Morgan fingerprint density at radius 2 is 1.89 bits per heavy atom. The molecule has 0 saturated carbocycles. The second kappa shape index (κ2) is 6.49. The summed E-state index contributed by atoms with van der Waals surface area (Å²) < 4.78 is 14.5. The van der Waals surface area contributed by atoms with Gasteiger partial charge in [-0.15, -0.1) is 5.10 Å². The minimum Gasteiger partial charge on any atom is -0.497 e. The molecule has 2 aromatic rings. The monoisotopic (exact) mass is 279 g/mol. The Morgan fingerprint density at radius 3 is 2.37 bits per heavy atom. The van der Waals surface area contributed by atoms with E-state index in [4.69, 9.17) is 9.47 Å². The molecule has 19 heavy (non-hydrogen) atoms. The van der Waals surface area contributed by atoms with Crippen LogP contribution in [0, 0.1) is 0 Å². The average molecular weight is 279 g/mol. The van der Waals surface area contributed by atoms with Crippen molar-refractivity contribution < 1.29 is 9.47 Å². The van der Waals surface area contributed by atoms with Crippen molar-refractivity contribution in [3.63, 3.8) is 0 Å². The maximum atomic E-state index is 5.31. The lowest BCUT2D eigenvalue weighted by Crippen LogP contribution is -2.21. The molecule has 0 fully saturated rings. The SMILES string of the molecule is CCNC(c1cc(OC)cc(OC)c1)c1cnns1. The number of hydrogen-bond acceptors (Lipinski definition) is 6. The third kappa shape index (κ3) is 3.21. The first-order valence-corrected chi connectivity index (χ1v) is 6.79. The predicted octanol–water partition coefficient (Wildman–Crippen LogP) is 2.25. The van der Waals surface area contributed by atoms with Gasteiger partial charge in [-0.2, -0.15) is 0 Å².